The van der Waals surface area contributed by atoms with Gasteiger partial charge in [0.25, 0.3) is 5.91 Å². The van der Waals surface area contributed by atoms with E-state index in [0.717, 1.165) is 11.9 Å². The van der Waals surface area contributed by atoms with Gasteiger partial charge in [0.05, 0.1) is 0 Å². The van der Waals surface area contributed by atoms with Crippen molar-refractivity contribution in [2.75, 3.05) is 6.54 Å². The van der Waals surface area contributed by atoms with E-state index in [4.69, 9.17) is 5.26 Å². The fourth-order valence-corrected chi connectivity index (χ4v) is 2.21. The summed E-state index contributed by atoms with van der Waals surface area (Å²) in [6, 6.07) is 10.0. The van der Waals surface area contributed by atoms with E-state index >= 15 is 0 Å². The minimum atomic E-state index is -0.350. The van der Waals surface area contributed by atoms with E-state index in [-0.39, 0.29) is 17.5 Å². The molecule has 0 saturated carbocycles. The molecule has 0 unspecified atom stereocenters. The summed E-state index contributed by atoms with van der Waals surface area (Å²) in [5, 5.41) is 15.9. The van der Waals surface area contributed by atoms with Crippen LogP contribution in [0.1, 0.15) is 19.4 Å². The second-order valence-corrected chi connectivity index (χ2v) is 5.36. The van der Waals surface area contributed by atoms with E-state index in [1.54, 1.807) is 0 Å². The van der Waals surface area contributed by atoms with Gasteiger partial charge in [-0.15, -0.1) is 0 Å². The minimum Gasteiger partial charge on any atom is -0.389 e. The van der Waals surface area contributed by atoms with Crippen LogP contribution in [-0.4, -0.2) is 23.5 Å². The summed E-state index contributed by atoms with van der Waals surface area (Å²) >= 11 is 0. The molecule has 0 atom stereocenters. The zero-order chi connectivity index (χ0) is 15.9. The summed E-state index contributed by atoms with van der Waals surface area (Å²) < 4.78 is 0. The first-order valence-corrected chi connectivity index (χ1v) is 7.31. The topological polar surface area (TPSA) is 80.7 Å². The lowest BCUT2D eigenvalue weighted by molar-refractivity contribution is -0.117. The largest absolute Gasteiger partial charge is 0.389 e. The minimum absolute atomic E-state index is 0.00969. The number of nitriles is 1. The Bertz CT molecular complexity index is 722. The molecule has 5 nitrogen and oxygen atoms in total. The molecule has 3 N–H and O–H groups in total. The van der Waals surface area contributed by atoms with Crippen LogP contribution in [0.4, 0.5) is 0 Å². The molecule has 0 saturated heterocycles. The third-order valence-electron chi connectivity index (χ3n) is 3.24. The van der Waals surface area contributed by atoms with Gasteiger partial charge >= 0.3 is 0 Å². The molecular formula is C17H20N4O. The molecule has 1 aromatic heterocycles. The van der Waals surface area contributed by atoms with Crippen molar-refractivity contribution in [2.45, 2.75) is 26.3 Å². The zero-order valence-corrected chi connectivity index (χ0v) is 12.8. The van der Waals surface area contributed by atoms with Crippen LogP contribution in [0.15, 0.2) is 42.2 Å². The van der Waals surface area contributed by atoms with Crippen LogP contribution < -0.4 is 10.6 Å². The Balaban J connectivity index is 1.91. The van der Waals surface area contributed by atoms with Crippen LogP contribution in [0.2, 0.25) is 0 Å². The Morgan fingerprint density at radius 3 is 2.91 bits per heavy atom. The quantitative estimate of drug-likeness (QED) is 0.434. The highest BCUT2D eigenvalue weighted by atomic mass is 16.1. The first-order valence-electron chi connectivity index (χ1n) is 7.31. The number of benzene rings is 1. The van der Waals surface area contributed by atoms with Crippen LogP contribution in [0.25, 0.3) is 10.9 Å². The van der Waals surface area contributed by atoms with Gasteiger partial charge in [0, 0.05) is 35.9 Å². The lowest BCUT2D eigenvalue weighted by atomic mass is 10.1. The molecule has 22 heavy (non-hydrogen) atoms. The van der Waals surface area contributed by atoms with E-state index in [9.17, 15) is 4.79 Å². The normalized spacial score (nSPS) is 11.5. The maximum Gasteiger partial charge on any atom is 0.263 e. The number of rotatable bonds is 6. The second kappa shape index (κ2) is 7.32. The van der Waals surface area contributed by atoms with Crippen molar-refractivity contribution >= 4 is 16.8 Å². The lowest BCUT2D eigenvalue weighted by Crippen LogP contribution is -2.31. The summed E-state index contributed by atoms with van der Waals surface area (Å²) in [4.78, 5) is 15.0. The molecule has 2 rings (SSSR count). The molecule has 0 aliphatic rings. The van der Waals surface area contributed by atoms with Gasteiger partial charge in [-0.2, -0.15) is 5.26 Å². The van der Waals surface area contributed by atoms with E-state index in [2.05, 4.69) is 21.7 Å². The van der Waals surface area contributed by atoms with Crippen molar-refractivity contribution in [1.29, 1.82) is 5.26 Å². The van der Waals surface area contributed by atoms with Crippen LogP contribution in [0.5, 0.6) is 0 Å². The summed E-state index contributed by atoms with van der Waals surface area (Å²) in [5.41, 5.74) is 2.41. The smallest absolute Gasteiger partial charge is 0.263 e. The highest BCUT2D eigenvalue weighted by Gasteiger charge is 2.09. The van der Waals surface area contributed by atoms with Gasteiger partial charge in [-0.1, -0.05) is 18.2 Å². The van der Waals surface area contributed by atoms with Gasteiger partial charge in [-0.05, 0) is 31.9 Å². The number of carbonyl (C=O) groups is 1. The predicted octanol–water partition coefficient (Wildman–Crippen LogP) is 2.23. The molecule has 2 aromatic rings. The Hall–Kier alpha value is -2.74. The number of aromatic amines is 1. The molecule has 0 spiro atoms. The van der Waals surface area contributed by atoms with Gasteiger partial charge < -0.3 is 15.6 Å². The van der Waals surface area contributed by atoms with Gasteiger partial charge in [-0.25, -0.2) is 0 Å². The van der Waals surface area contributed by atoms with Crippen LogP contribution in [0, 0.1) is 11.3 Å². The maximum atomic E-state index is 11.7. The number of nitrogens with zero attached hydrogens (tertiary/aromatic N) is 1. The summed E-state index contributed by atoms with van der Waals surface area (Å²) in [7, 11) is 0. The van der Waals surface area contributed by atoms with Crippen molar-refractivity contribution in [3.05, 3.63) is 47.8 Å². The van der Waals surface area contributed by atoms with Crippen molar-refractivity contribution in [3.8, 4) is 6.07 Å². The molecule has 0 bridgehead atoms. The molecule has 1 aromatic carbocycles. The number of hydrogen-bond donors (Lipinski definition) is 3. The molecule has 0 radical (unpaired) electrons. The fourth-order valence-electron chi connectivity index (χ4n) is 2.21. The van der Waals surface area contributed by atoms with Crippen molar-refractivity contribution in [1.82, 2.24) is 15.6 Å². The number of fused-ring (bicyclic) bond motifs is 1. The van der Waals surface area contributed by atoms with Crippen LogP contribution in [-0.2, 0) is 11.2 Å². The number of hydrogen-bond acceptors (Lipinski definition) is 3. The Morgan fingerprint density at radius 1 is 1.41 bits per heavy atom. The SMILES string of the molecule is CC(C)NC(=O)/C(C#N)=C\NCCc1c[nH]c2ccccc12. The third-order valence-corrected chi connectivity index (χ3v) is 3.24. The highest BCUT2D eigenvalue weighted by Crippen LogP contribution is 2.17. The monoisotopic (exact) mass is 296 g/mol. The van der Waals surface area contributed by atoms with Crippen LogP contribution >= 0.6 is 0 Å². The molecule has 0 aliphatic carbocycles. The number of amides is 1. The molecule has 114 valence electrons. The summed E-state index contributed by atoms with van der Waals surface area (Å²) in [5.74, 6) is -0.350. The maximum absolute atomic E-state index is 11.7. The highest BCUT2D eigenvalue weighted by molar-refractivity contribution is 5.97. The van der Waals surface area contributed by atoms with Crippen molar-refractivity contribution in [2.24, 2.45) is 0 Å². The molecule has 1 amide bonds. The average molecular weight is 296 g/mol. The molecule has 1 heterocycles. The van der Waals surface area contributed by atoms with Gasteiger partial charge in [0.1, 0.15) is 11.6 Å². The number of carbonyl (C=O) groups excluding carboxylic acids is 1. The van der Waals surface area contributed by atoms with E-state index < -0.39 is 0 Å². The number of aromatic nitrogens is 1. The average Bonchev–Trinajstić information content (AvgIpc) is 2.90. The van der Waals surface area contributed by atoms with Gasteiger partial charge in [-0.3, -0.25) is 4.79 Å². The van der Waals surface area contributed by atoms with Gasteiger partial charge in [0.2, 0.25) is 0 Å². The second-order valence-electron chi connectivity index (χ2n) is 5.36. The van der Waals surface area contributed by atoms with Crippen molar-refractivity contribution in [3.63, 3.8) is 0 Å². The Morgan fingerprint density at radius 2 is 2.18 bits per heavy atom. The third kappa shape index (κ3) is 3.89. The molecule has 5 heteroatoms. The molecule has 0 aliphatic heterocycles. The van der Waals surface area contributed by atoms with Gasteiger partial charge in [0.15, 0.2) is 0 Å². The standard InChI is InChI=1S/C17H20N4O/c1-12(2)21-17(22)14(9-18)10-19-8-7-13-11-20-16-6-4-3-5-15(13)16/h3-6,10-12,19-20H,7-8H2,1-2H3,(H,21,22)/b14-10-. The predicted molar refractivity (Wildman–Crippen MR) is 87.0 cm³/mol. The Kier molecular flexibility index (Phi) is 5.21. The first kappa shape index (κ1) is 15.6. The Labute approximate surface area is 130 Å². The molecule has 0 fully saturated rings. The van der Waals surface area contributed by atoms with E-state index in [1.165, 1.54) is 17.1 Å². The van der Waals surface area contributed by atoms with Crippen molar-refractivity contribution < 1.29 is 4.79 Å². The zero-order valence-electron chi connectivity index (χ0n) is 12.8. The van der Waals surface area contributed by atoms with E-state index in [1.807, 2.05) is 44.3 Å². The van der Waals surface area contributed by atoms with E-state index in [0.29, 0.717) is 6.54 Å². The summed E-state index contributed by atoms with van der Waals surface area (Å²) in [6.45, 7) is 4.37. The fraction of sp³-hybridized carbons (Fsp3) is 0.294. The molecular weight excluding hydrogens is 276 g/mol. The van der Waals surface area contributed by atoms with Crippen LogP contribution in [0.3, 0.4) is 0 Å². The number of nitrogens with one attached hydrogen (secondary N) is 3. The number of H-pyrrole nitrogens is 1. The lowest BCUT2D eigenvalue weighted by Gasteiger charge is -2.07. The summed E-state index contributed by atoms with van der Waals surface area (Å²) in [6.07, 6.45) is 4.28. The number of para-hydroxylation sites is 1. The first-order chi connectivity index (χ1) is 10.6.